The molecule has 1 aromatic carbocycles. The van der Waals surface area contributed by atoms with Crippen LogP contribution in [0.1, 0.15) is 41.2 Å². The van der Waals surface area contributed by atoms with E-state index in [0.29, 0.717) is 25.2 Å². The minimum Gasteiger partial charge on any atom is -0.381 e. The molecule has 0 radical (unpaired) electrons. The SMILES string of the molecule is Cc1noc(C)c1CNc1ccc(C(=O)N2C[C@@H](C)O[C@H](C)C2)cc1. The van der Waals surface area contributed by atoms with Crippen molar-refractivity contribution in [3.05, 3.63) is 46.8 Å². The Bertz CT molecular complexity index is 709. The van der Waals surface area contributed by atoms with E-state index in [1.165, 1.54) is 0 Å². The van der Waals surface area contributed by atoms with E-state index in [1.807, 2.05) is 56.9 Å². The molecule has 6 nitrogen and oxygen atoms in total. The number of ether oxygens (including phenoxy) is 1. The van der Waals surface area contributed by atoms with Crippen LogP contribution < -0.4 is 5.32 Å². The molecule has 0 unspecified atom stereocenters. The Balaban J connectivity index is 1.63. The van der Waals surface area contributed by atoms with Crippen LogP contribution in [0.5, 0.6) is 0 Å². The second kappa shape index (κ2) is 7.27. The molecule has 2 atom stereocenters. The van der Waals surface area contributed by atoms with Crippen LogP contribution in [0, 0.1) is 13.8 Å². The molecular weight excluding hydrogens is 318 g/mol. The van der Waals surface area contributed by atoms with Crippen LogP contribution in [-0.4, -0.2) is 41.3 Å². The summed E-state index contributed by atoms with van der Waals surface area (Å²) in [5, 5.41) is 7.30. The van der Waals surface area contributed by atoms with E-state index in [4.69, 9.17) is 9.26 Å². The average molecular weight is 343 g/mol. The Morgan fingerprint density at radius 1 is 1.20 bits per heavy atom. The van der Waals surface area contributed by atoms with Crippen molar-refractivity contribution in [1.29, 1.82) is 0 Å². The number of morpholine rings is 1. The van der Waals surface area contributed by atoms with Crippen molar-refractivity contribution in [3.63, 3.8) is 0 Å². The van der Waals surface area contributed by atoms with Crippen LogP contribution in [0.15, 0.2) is 28.8 Å². The van der Waals surface area contributed by atoms with Gasteiger partial charge in [0.1, 0.15) is 5.76 Å². The lowest BCUT2D eigenvalue weighted by atomic mass is 10.1. The normalized spacial score (nSPS) is 20.6. The monoisotopic (exact) mass is 343 g/mol. The number of anilines is 1. The molecule has 1 N–H and O–H groups in total. The van der Waals surface area contributed by atoms with Crippen LogP contribution in [0.25, 0.3) is 0 Å². The maximum Gasteiger partial charge on any atom is 0.254 e. The molecule has 2 heterocycles. The minimum atomic E-state index is 0.0549. The number of nitrogens with zero attached hydrogens (tertiary/aromatic N) is 2. The summed E-state index contributed by atoms with van der Waals surface area (Å²) < 4.78 is 10.9. The van der Waals surface area contributed by atoms with E-state index < -0.39 is 0 Å². The van der Waals surface area contributed by atoms with E-state index >= 15 is 0 Å². The Labute approximate surface area is 148 Å². The Morgan fingerprint density at radius 2 is 1.84 bits per heavy atom. The molecule has 25 heavy (non-hydrogen) atoms. The van der Waals surface area contributed by atoms with Gasteiger partial charge >= 0.3 is 0 Å². The van der Waals surface area contributed by atoms with Crippen molar-refractivity contribution in [2.45, 2.75) is 46.4 Å². The van der Waals surface area contributed by atoms with Gasteiger partial charge in [-0.25, -0.2) is 0 Å². The fourth-order valence-corrected chi connectivity index (χ4v) is 3.20. The van der Waals surface area contributed by atoms with E-state index in [0.717, 1.165) is 22.7 Å². The zero-order valence-corrected chi connectivity index (χ0v) is 15.2. The number of nitrogens with one attached hydrogen (secondary N) is 1. The zero-order chi connectivity index (χ0) is 18.0. The van der Waals surface area contributed by atoms with Gasteiger partial charge in [-0.3, -0.25) is 4.79 Å². The first-order valence-corrected chi connectivity index (χ1v) is 8.64. The van der Waals surface area contributed by atoms with Crippen LogP contribution >= 0.6 is 0 Å². The summed E-state index contributed by atoms with van der Waals surface area (Å²) in [4.78, 5) is 14.5. The van der Waals surface area contributed by atoms with E-state index in [1.54, 1.807) is 0 Å². The highest BCUT2D eigenvalue weighted by atomic mass is 16.5. The van der Waals surface area contributed by atoms with Crippen molar-refractivity contribution in [3.8, 4) is 0 Å². The fourth-order valence-electron chi connectivity index (χ4n) is 3.20. The molecule has 134 valence electrons. The van der Waals surface area contributed by atoms with E-state index in [-0.39, 0.29) is 18.1 Å². The van der Waals surface area contributed by atoms with Gasteiger partial charge in [0, 0.05) is 36.4 Å². The molecule has 1 aromatic heterocycles. The molecule has 2 aromatic rings. The highest BCUT2D eigenvalue weighted by molar-refractivity contribution is 5.94. The second-order valence-corrected chi connectivity index (χ2v) is 6.70. The number of aromatic nitrogens is 1. The highest BCUT2D eigenvalue weighted by Gasteiger charge is 2.26. The summed E-state index contributed by atoms with van der Waals surface area (Å²) in [7, 11) is 0. The summed E-state index contributed by atoms with van der Waals surface area (Å²) in [5.74, 6) is 0.881. The van der Waals surface area contributed by atoms with Crippen molar-refractivity contribution in [2.75, 3.05) is 18.4 Å². The number of amides is 1. The van der Waals surface area contributed by atoms with Gasteiger partial charge in [0.15, 0.2) is 0 Å². The molecule has 0 aliphatic carbocycles. The summed E-state index contributed by atoms with van der Waals surface area (Å²) in [6.07, 6.45) is 0.146. The molecule has 6 heteroatoms. The van der Waals surface area contributed by atoms with Gasteiger partial charge in [0.2, 0.25) is 0 Å². The molecule has 1 aliphatic rings. The van der Waals surface area contributed by atoms with Gasteiger partial charge < -0.3 is 19.5 Å². The Hall–Kier alpha value is -2.34. The van der Waals surface area contributed by atoms with Gasteiger partial charge in [-0.05, 0) is 52.0 Å². The summed E-state index contributed by atoms with van der Waals surface area (Å²) in [5.41, 5.74) is 3.62. The first-order chi connectivity index (χ1) is 11.9. The topological polar surface area (TPSA) is 67.6 Å². The average Bonchev–Trinajstić information content (AvgIpc) is 2.90. The highest BCUT2D eigenvalue weighted by Crippen LogP contribution is 2.18. The maximum absolute atomic E-state index is 12.7. The molecule has 0 spiro atoms. The predicted molar refractivity (Wildman–Crippen MR) is 95.7 cm³/mol. The number of rotatable bonds is 4. The molecule has 0 saturated carbocycles. The largest absolute Gasteiger partial charge is 0.381 e. The van der Waals surface area contributed by atoms with Crippen molar-refractivity contribution >= 4 is 11.6 Å². The van der Waals surface area contributed by atoms with Crippen LogP contribution in [0.3, 0.4) is 0 Å². The van der Waals surface area contributed by atoms with Gasteiger partial charge in [-0.15, -0.1) is 0 Å². The molecule has 1 fully saturated rings. The first-order valence-electron chi connectivity index (χ1n) is 8.64. The number of carbonyl (C=O) groups is 1. The van der Waals surface area contributed by atoms with E-state index in [2.05, 4.69) is 10.5 Å². The molecule has 1 saturated heterocycles. The Morgan fingerprint density at radius 3 is 2.40 bits per heavy atom. The van der Waals surface area contributed by atoms with Crippen LogP contribution in [0.4, 0.5) is 5.69 Å². The molecule has 1 amide bonds. The van der Waals surface area contributed by atoms with Crippen molar-refractivity contribution in [2.24, 2.45) is 0 Å². The maximum atomic E-state index is 12.7. The third-order valence-electron chi connectivity index (χ3n) is 4.49. The summed E-state index contributed by atoms with van der Waals surface area (Å²) in [6.45, 7) is 9.75. The standard InChI is InChI=1S/C19H25N3O3/c1-12-10-22(11-13(2)24-12)19(23)16-5-7-17(8-6-16)20-9-18-14(3)21-25-15(18)4/h5-8,12-13,20H,9-11H2,1-4H3/t12-,13-/m1/s1. The number of hydrogen-bond acceptors (Lipinski definition) is 5. The lowest BCUT2D eigenvalue weighted by molar-refractivity contribution is -0.0586. The predicted octanol–water partition coefficient (Wildman–Crippen LogP) is 3.15. The zero-order valence-electron chi connectivity index (χ0n) is 15.2. The number of carbonyl (C=O) groups excluding carboxylic acids is 1. The number of hydrogen-bond donors (Lipinski definition) is 1. The second-order valence-electron chi connectivity index (χ2n) is 6.70. The van der Waals surface area contributed by atoms with Crippen LogP contribution in [0.2, 0.25) is 0 Å². The molecule has 3 rings (SSSR count). The quantitative estimate of drug-likeness (QED) is 0.924. The third kappa shape index (κ3) is 4.02. The smallest absolute Gasteiger partial charge is 0.254 e. The van der Waals surface area contributed by atoms with Gasteiger partial charge in [-0.1, -0.05) is 5.16 Å². The summed E-state index contributed by atoms with van der Waals surface area (Å²) >= 11 is 0. The molecule has 0 bridgehead atoms. The fraction of sp³-hybridized carbons (Fsp3) is 0.474. The Kier molecular flexibility index (Phi) is 5.08. The van der Waals surface area contributed by atoms with Gasteiger partial charge in [-0.2, -0.15) is 0 Å². The van der Waals surface area contributed by atoms with Crippen molar-refractivity contribution < 1.29 is 14.1 Å². The van der Waals surface area contributed by atoms with Crippen molar-refractivity contribution in [1.82, 2.24) is 10.1 Å². The third-order valence-corrected chi connectivity index (χ3v) is 4.49. The van der Waals surface area contributed by atoms with Gasteiger partial charge in [0.25, 0.3) is 5.91 Å². The lowest BCUT2D eigenvalue weighted by Crippen LogP contribution is -2.48. The summed E-state index contributed by atoms with van der Waals surface area (Å²) in [6, 6.07) is 7.59. The lowest BCUT2D eigenvalue weighted by Gasteiger charge is -2.35. The molecular formula is C19H25N3O3. The number of aryl methyl sites for hydroxylation is 2. The molecule has 1 aliphatic heterocycles. The van der Waals surface area contributed by atoms with Crippen LogP contribution in [-0.2, 0) is 11.3 Å². The van der Waals surface area contributed by atoms with E-state index in [9.17, 15) is 4.79 Å². The van der Waals surface area contributed by atoms with Gasteiger partial charge in [0.05, 0.1) is 17.9 Å². The minimum absolute atomic E-state index is 0.0549. The number of benzene rings is 1. The first kappa shape index (κ1) is 17.5.